The minimum absolute atomic E-state index is 0.105. The van der Waals surface area contributed by atoms with Crippen LogP contribution in [0.1, 0.15) is 32.3 Å². The SMILES string of the molecule is CCCNC(=O)CN(CCC)C(=O)/C=C/c1ccccc1. The van der Waals surface area contributed by atoms with Gasteiger partial charge >= 0.3 is 0 Å². The zero-order valence-corrected chi connectivity index (χ0v) is 12.8. The average Bonchev–Trinajstić information content (AvgIpc) is 2.51. The number of hydrogen-bond donors (Lipinski definition) is 1. The first-order valence-electron chi connectivity index (χ1n) is 7.46. The number of carbonyl (C=O) groups is 2. The molecule has 1 aromatic carbocycles. The van der Waals surface area contributed by atoms with Crippen LogP contribution in [0.5, 0.6) is 0 Å². The van der Waals surface area contributed by atoms with Gasteiger partial charge in [-0.05, 0) is 24.5 Å². The van der Waals surface area contributed by atoms with Crippen LogP contribution in [0.2, 0.25) is 0 Å². The first kappa shape index (κ1) is 17.0. The molecule has 4 heteroatoms. The molecule has 0 heterocycles. The molecule has 0 aliphatic heterocycles. The molecule has 21 heavy (non-hydrogen) atoms. The Morgan fingerprint density at radius 2 is 1.86 bits per heavy atom. The van der Waals surface area contributed by atoms with Gasteiger partial charge in [-0.3, -0.25) is 9.59 Å². The third kappa shape index (κ3) is 6.75. The number of amides is 2. The third-order valence-electron chi connectivity index (χ3n) is 2.93. The van der Waals surface area contributed by atoms with Crippen LogP contribution >= 0.6 is 0 Å². The molecule has 0 unspecified atom stereocenters. The average molecular weight is 288 g/mol. The van der Waals surface area contributed by atoms with Crippen molar-refractivity contribution in [1.82, 2.24) is 10.2 Å². The Morgan fingerprint density at radius 1 is 1.14 bits per heavy atom. The molecule has 0 fully saturated rings. The smallest absolute Gasteiger partial charge is 0.247 e. The van der Waals surface area contributed by atoms with Crippen LogP contribution < -0.4 is 5.32 Å². The maximum atomic E-state index is 12.2. The topological polar surface area (TPSA) is 49.4 Å². The van der Waals surface area contributed by atoms with E-state index in [-0.39, 0.29) is 18.4 Å². The number of nitrogens with zero attached hydrogens (tertiary/aromatic N) is 1. The van der Waals surface area contributed by atoms with E-state index in [1.807, 2.05) is 44.2 Å². The molecule has 1 aromatic rings. The van der Waals surface area contributed by atoms with E-state index in [9.17, 15) is 9.59 Å². The van der Waals surface area contributed by atoms with Crippen molar-refractivity contribution in [3.05, 3.63) is 42.0 Å². The summed E-state index contributed by atoms with van der Waals surface area (Å²) >= 11 is 0. The largest absolute Gasteiger partial charge is 0.355 e. The van der Waals surface area contributed by atoms with Crippen LogP contribution in [0.25, 0.3) is 6.08 Å². The molecule has 1 N–H and O–H groups in total. The molecule has 1 rings (SSSR count). The van der Waals surface area contributed by atoms with Crippen molar-refractivity contribution >= 4 is 17.9 Å². The van der Waals surface area contributed by atoms with Gasteiger partial charge in [-0.1, -0.05) is 44.2 Å². The maximum Gasteiger partial charge on any atom is 0.247 e. The number of hydrogen-bond acceptors (Lipinski definition) is 2. The molecule has 0 saturated carbocycles. The Kier molecular flexibility index (Phi) is 7.87. The van der Waals surface area contributed by atoms with Gasteiger partial charge in [0.05, 0.1) is 6.54 Å². The van der Waals surface area contributed by atoms with Crippen molar-refractivity contribution in [2.24, 2.45) is 0 Å². The van der Waals surface area contributed by atoms with Crippen molar-refractivity contribution in [2.45, 2.75) is 26.7 Å². The normalized spacial score (nSPS) is 10.6. The Morgan fingerprint density at radius 3 is 2.48 bits per heavy atom. The zero-order chi connectivity index (χ0) is 15.5. The highest BCUT2D eigenvalue weighted by atomic mass is 16.2. The summed E-state index contributed by atoms with van der Waals surface area (Å²) in [6, 6.07) is 9.64. The van der Waals surface area contributed by atoms with Crippen LogP contribution in [-0.2, 0) is 9.59 Å². The van der Waals surface area contributed by atoms with Gasteiger partial charge < -0.3 is 10.2 Å². The van der Waals surface area contributed by atoms with Gasteiger partial charge in [-0.15, -0.1) is 0 Å². The quantitative estimate of drug-likeness (QED) is 0.747. The fraction of sp³-hybridized carbons (Fsp3) is 0.412. The van der Waals surface area contributed by atoms with E-state index in [2.05, 4.69) is 5.32 Å². The predicted molar refractivity (Wildman–Crippen MR) is 85.6 cm³/mol. The summed E-state index contributed by atoms with van der Waals surface area (Å²) in [5.74, 6) is -0.237. The number of nitrogens with one attached hydrogen (secondary N) is 1. The molecule has 0 bridgehead atoms. The highest BCUT2D eigenvalue weighted by Gasteiger charge is 2.13. The van der Waals surface area contributed by atoms with Gasteiger partial charge in [-0.25, -0.2) is 0 Å². The molecule has 0 aliphatic rings. The zero-order valence-electron chi connectivity index (χ0n) is 12.8. The second-order valence-electron chi connectivity index (χ2n) is 4.85. The summed E-state index contributed by atoms with van der Waals surface area (Å²) < 4.78 is 0. The van der Waals surface area contributed by atoms with Gasteiger partial charge in [0.1, 0.15) is 0 Å². The summed E-state index contributed by atoms with van der Waals surface area (Å²) in [5.41, 5.74) is 0.970. The lowest BCUT2D eigenvalue weighted by Gasteiger charge is -2.19. The van der Waals surface area contributed by atoms with Crippen LogP contribution in [0.3, 0.4) is 0 Å². The van der Waals surface area contributed by atoms with E-state index >= 15 is 0 Å². The lowest BCUT2D eigenvalue weighted by molar-refractivity contribution is -0.132. The Labute approximate surface area is 126 Å². The van der Waals surface area contributed by atoms with Crippen molar-refractivity contribution in [3.8, 4) is 0 Å². The molecule has 0 spiro atoms. The standard InChI is InChI=1S/C17H24N2O2/c1-3-12-18-16(20)14-19(13-4-2)17(21)11-10-15-8-6-5-7-9-15/h5-11H,3-4,12-14H2,1-2H3,(H,18,20)/b11-10+. The Hall–Kier alpha value is -2.10. The second-order valence-corrected chi connectivity index (χ2v) is 4.85. The minimum atomic E-state index is -0.132. The van der Waals surface area contributed by atoms with E-state index in [0.717, 1.165) is 18.4 Å². The first-order valence-corrected chi connectivity index (χ1v) is 7.46. The first-order chi connectivity index (χ1) is 10.2. The monoisotopic (exact) mass is 288 g/mol. The molecular formula is C17H24N2O2. The van der Waals surface area contributed by atoms with E-state index in [1.165, 1.54) is 6.08 Å². The van der Waals surface area contributed by atoms with Gasteiger partial charge in [0.25, 0.3) is 0 Å². The molecule has 114 valence electrons. The summed E-state index contributed by atoms with van der Waals surface area (Å²) in [4.78, 5) is 25.5. The minimum Gasteiger partial charge on any atom is -0.355 e. The highest BCUT2D eigenvalue weighted by molar-refractivity contribution is 5.94. The molecule has 0 aliphatic carbocycles. The molecular weight excluding hydrogens is 264 g/mol. The van der Waals surface area contributed by atoms with Crippen molar-refractivity contribution in [1.29, 1.82) is 0 Å². The lowest BCUT2D eigenvalue weighted by Crippen LogP contribution is -2.40. The maximum absolute atomic E-state index is 12.2. The predicted octanol–water partition coefficient (Wildman–Crippen LogP) is 2.46. The Bertz CT molecular complexity index is 469. The van der Waals surface area contributed by atoms with Gasteiger partial charge in [-0.2, -0.15) is 0 Å². The van der Waals surface area contributed by atoms with Crippen LogP contribution in [0.4, 0.5) is 0 Å². The van der Waals surface area contributed by atoms with E-state index < -0.39 is 0 Å². The number of benzene rings is 1. The van der Waals surface area contributed by atoms with Crippen LogP contribution in [-0.4, -0.2) is 36.3 Å². The molecule has 0 aromatic heterocycles. The molecule has 0 saturated heterocycles. The summed E-state index contributed by atoms with van der Waals surface area (Å²) in [6.45, 7) is 5.33. The van der Waals surface area contributed by atoms with Gasteiger partial charge in [0, 0.05) is 19.2 Å². The van der Waals surface area contributed by atoms with Crippen LogP contribution in [0.15, 0.2) is 36.4 Å². The Balaban J connectivity index is 2.60. The van der Waals surface area contributed by atoms with Crippen LogP contribution in [0, 0.1) is 0 Å². The van der Waals surface area contributed by atoms with Gasteiger partial charge in [0.15, 0.2) is 0 Å². The van der Waals surface area contributed by atoms with Crippen molar-refractivity contribution in [3.63, 3.8) is 0 Å². The van der Waals surface area contributed by atoms with E-state index in [4.69, 9.17) is 0 Å². The molecule has 2 amide bonds. The van der Waals surface area contributed by atoms with Crippen molar-refractivity contribution < 1.29 is 9.59 Å². The summed E-state index contributed by atoms with van der Waals surface area (Å²) in [7, 11) is 0. The summed E-state index contributed by atoms with van der Waals surface area (Å²) in [6.07, 6.45) is 5.01. The lowest BCUT2D eigenvalue weighted by atomic mass is 10.2. The summed E-state index contributed by atoms with van der Waals surface area (Å²) in [5, 5.41) is 2.79. The second kappa shape index (κ2) is 9.75. The number of carbonyl (C=O) groups excluding carboxylic acids is 2. The fourth-order valence-corrected chi connectivity index (χ4v) is 1.87. The third-order valence-corrected chi connectivity index (χ3v) is 2.93. The molecule has 4 nitrogen and oxygen atoms in total. The van der Waals surface area contributed by atoms with Gasteiger partial charge in [0.2, 0.25) is 11.8 Å². The van der Waals surface area contributed by atoms with Crippen molar-refractivity contribution in [2.75, 3.05) is 19.6 Å². The highest BCUT2D eigenvalue weighted by Crippen LogP contribution is 2.02. The van der Waals surface area contributed by atoms with E-state index in [0.29, 0.717) is 13.1 Å². The van der Waals surface area contributed by atoms with E-state index in [1.54, 1.807) is 11.0 Å². The number of rotatable bonds is 8. The molecule has 0 atom stereocenters. The molecule has 0 radical (unpaired) electrons. The fourth-order valence-electron chi connectivity index (χ4n) is 1.87.